The van der Waals surface area contributed by atoms with Gasteiger partial charge in [0, 0.05) is 17.4 Å². The van der Waals surface area contributed by atoms with E-state index in [-0.39, 0.29) is 17.1 Å². The van der Waals surface area contributed by atoms with Gasteiger partial charge in [0.25, 0.3) is 0 Å². The van der Waals surface area contributed by atoms with Crippen molar-refractivity contribution < 1.29 is 17.6 Å². The molecular formula is C14H22F3NOSSi. The number of nitrogens with zero attached hydrogens (tertiary/aromatic N) is 1. The van der Waals surface area contributed by atoms with Gasteiger partial charge in [-0.25, -0.2) is 4.98 Å². The van der Waals surface area contributed by atoms with Crippen LogP contribution in [0.25, 0.3) is 0 Å². The first-order valence-electron chi connectivity index (χ1n) is 7.10. The maximum absolute atomic E-state index is 12.5. The van der Waals surface area contributed by atoms with E-state index < -0.39 is 20.2 Å². The van der Waals surface area contributed by atoms with Crippen LogP contribution in [-0.4, -0.2) is 19.4 Å². The summed E-state index contributed by atoms with van der Waals surface area (Å²) in [5.74, 6) is 0.126. The third kappa shape index (κ3) is 3.68. The molecule has 1 aliphatic rings. The second-order valence-electron chi connectivity index (χ2n) is 7.24. The van der Waals surface area contributed by atoms with Crippen molar-refractivity contribution in [3.63, 3.8) is 0 Å². The fourth-order valence-corrected chi connectivity index (χ4v) is 4.40. The highest BCUT2D eigenvalue weighted by molar-refractivity contribution is 7.09. The van der Waals surface area contributed by atoms with Crippen LogP contribution < -0.4 is 0 Å². The first kappa shape index (κ1) is 17.0. The van der Waals surface area contributed by atoms with Gasteiger partial charge in [-0.3, -0.25) is 0 Å². The third-order valence-corrected chi connectivity index (χ3v) is 10.1. The van der Waals surface area contributed by atoms with Gasteiger partial charge in [0.05, 0.1) is 5.01 Å². The molecule has 0 saturated heterocycles. The SMILES string of the molecule is CC(C)(C)[Si](C)(C)OC1CC(c2nc(C(F)(F)F)cs2)C1. The van der Waals surface area contributed by atoms with Gasteiger partial charge in [0.1, 0.15) is 0 Å². The van der Waals surface area contributed by atoms with E-state index in [2.05, 4.69) is 38.8 Å². The maximum atomic E-state index is 12.5. The number of hydrogen-bond acceptors (Lipinski definition) is 3. The Balaban J connectivity index is 1.91. The van der Waals surface area contributed by atoms with Crippen LogP contribution in [-0.2, 0) is 10.6 Å². The fraction of sp³-hybridized carbons (Fsp3) is 0.786. The molecule has 0 amide bonds. The zero-order valence-electron chi connectivity index (χ0n) is 13.0. The van der Waals surface area contributed by atoms with Crippen molar-refractivity contribution in [2.45, 2.75) is 69.9 Å². The summed E-state index contributed by atoms with van der Waals surface area (Å²) in [6.45, 7) is 11.0. The molecule has 1 aliphatic carbocycles. The molecule has 1 saturated carbocycles. The summed E-state index contributed by atoms with van der Waals surface area (Å²) in [5.41, 5.74) is -0.767. The molecule has 1 heterocycles. The lowest BCUT2D eigenvalue weighted by Gasteiger charge is -2.44. The number of alkyl halides is 3. The predicted octanol–water partition coefficient (Wildman–Crippen LogP) is 5.43. The lowest BCUT2D eigenvalue weighted by Crippen LogP contribution is -2.47. The van der Waals surface area contributed by atoms with Gasteiger partial charge < -0.3 is 4.43 Å². The van der Waals surface area contributed by atoms with Crippen molar-refractivity contribution in [1.82, 2.24) is 4.98 Å². The van der Waals surface area contributed by atoms with Crippen molar-refractivity contribution in [2.24, 2.45) is 0 Å². The van der Waals surface area contributed by atoms with E-state index in [4.69, 9.17) is 4.43 Å². The van der Waals surface area contributed by atoms with Crippen LogP contribution in [0, 0.1) is 0 Å². The molecule has 0 atom stereocenters. The number of halogens is 3. The zero-order valence-corrected chi connectivity index (χ0v) is 14.9. The standard InChI is InChI=1S/C14H22F3NOSSi/c1-13(2,3)21(4,5)19-10-6-9(7-10)12-18-11(8-20-12)14(15,16)17/h8-10H,6-7H2,1-5H3. The largest absolute Gasteiger partial charge is 0.434 e. The van der Waals surface area contributed by atoms with Gasteiger partial charge in [0.2, 0.25) is 0 Å². The van der Waals surface area contributed by atoms with Crippen molar-refractivity contribution in [3.8, 4) is 0 Å². The van der Waals surface area contributed by atoms with Gasteiger partial charge in [-0.2, -0.15) is 13.2 Å². The van der Waals surface area contributed by atoms with E-state index in [9.17, 15) is 13.2 Å². The highest BCUT2D eigenvalue weighted by Gasteiger charge is 2.43. The maximum Gasteiger partial charge on any atom is 0.434 e. The minimum Gasteiger partial charge on any atom is -0.414 e. The second-order valence-corrected chi connectivity index (χ2v) is 12.9. The van der Waals surface area contributed by atoms with Crippen LogP contribution in [0.3, 0.4) is 0 Å². The first-order chi connectivity index (χ1) is 9.40. The molecule has 1 aromatic rings. The molecule has 2 rings (SSSR count). The van der Waals surface area contributed by atoms with Crippen molar-refractivity contribution in [3.05, 3.63) is 16.1 Å². The summed E-state index contributed by atoms with van der Waals surface area (Å²) < 4.78 is 43.9. The van der Waals surface area contributed by atoms with E-state index in [1.807, 2.05) is 0 Å². The Bertz CT molecular complexity index is 501. The third-order valence-electron chi connectivity index (χ3n) is 4.52. The first-order valence-corrected chi connectivity index (χ1v) is 10.9. The van der Waals surface area contributed by atoms with Gasteiger partial charge >= 0.3 is 6.18 Å². The topological polar surface area (TPSA) is 22.1 Å². The van der Waals surface area contributed by atoms with Crippen LogP contribution in [0.1, 0.15) is 50.2 Å². The van der Waals surface area contributed by atoms with E-state index in [0.29, 0.717) is 5.01 Å². The molecule has 1 fully saturated rings. The second kappa shape index (κ2) is 5.35. The predicted molar refractivity (Wildman–Crippen MR) is 81.2 cm³/mol. The molecule has 2 nitrogen and oxygen atoms in total. The van der Waals surface area contributed by atoms with Crippen LogP contribution in [0.5, 0.6) is 0 Å². The van der Waals surface area contributed by atoms with Gasteiger partial charge in [-0.15, -0.1) is 11.3 Å². The van der Waals surface area contributed by atoms with E-state index >= 15 is 0 Å². The summed E-state index contributed by atoms with van der Waals surface area (Å²) in [7, 11) is -1.79. The molecule has 0 unspecified atom stereocenters. The molecule has 7 heteroatoms. The minimum absolute atomic E-state index is 0.126. The lowest BCUT2D eigenvalue weighted by molar-refractivity contribution is -0.140. The molecule has 1 aromatic heterocycles. The van der Waals surface area contributed by atoms with Crippen LogP contribution >= 0.6 is 11.3 Å². The molecule has 21 heavy (non-hydrogen) atoms. The number of hydrogen-bond donors (Lipinski definition) is 0. The normalized spacial score (nSPS) is 24.0. The molecule has 0 spiro atoms. The highest BCUT2D eigenvalue weighted by atomic mass is 32.1. The molecule has 0 aromatic carbocycles. The van der Waals surface area contributed by atoms with Gasteiger partial charge in [0.15, 0.2) is 14.0 Å². The van der Waals surface area contributed by atoms with Crippen molar-refractivity contribution in [2.75, 3.05) is 0 Å². The fourth-order valence-electron chi connectivity index (χ4n) is 2.06. The Hall–Kier alpha value is -0.403. The van der Waals surface area contributed by atoms with Gasteiger partial charge in [-0.05, 0) is 31.0 Å². The average molecular weight is 337 g/mol. The Morgan fingerprint density at radius 1 is 1.24 bits per heavy atom. The van der Waals surface area contributed by atoms with Gasteiger partial charge in [-0.1, -0.05) is 20.8 Å². The lowest BCUT2D eigenvalue weighted by atomic mass is 9.83. The van der Waals surface area contributed by atoms with Crippen LogP contribution in [0.2, 0.25) is 18.1 Å². The van der Waals surface area contributed by atoms with E-state index in [1.165, 1.54) is 0 Å². The summed E-state index contributed by atoms with van der Waals surface area (Å²) >= 11 is 1.11. The van der Waals surface area contributed by atoms with E-state index in [1.54, 1.807) is 0 Å². The zero-order chi connectivity index (χ0) is 16.1. The monoisotopic (exact) mass is 337 g/mol. The average Bonchev–Trinajstić information content (AvgIpc) is 2.69. The number of thiazole rings is 1. The summed E-state index contributed by atoms with van der Waals surface area (Å²) in [6.07, 6.45) is -2.58. The molecule has 0 N–H and O–H groups in total. The summed E-state index contributed by atoms with van der Waals surface area (Å²) in [4.78, 5) is 3.73. The Morgan fingerprint density at radius 2 is 1.81 bits per heavy atom. The minimum atomic E-state index is -4.34. The summed E-state index contributed by atoms with van der Waals surface area (Å²) in [6, 6.07) is 0. The number of aromatic nitrogens is 1. The molecule has 0 radical (unpaired) electrons. The van der Waals surface area contributed by atoms with E-state index in [0.717, 1.165) is 29.6 Å². The number of rotatable bonds is 3. The molecule has 0 aliphatic heterocycles. The Kier molecular flexibility index (Phi) is 4.32. The smallest absolute Gasteiger partial charge is 0.414 e. The van der Waals surface area contributed by atoms with Crippen LogP contribution in [0.4, 0.5) is 13.2 Å². The molecule has 0 bridgehead atoms. The molecular weight excluding hydrogens is 315 g/mol. The Morgan fingerprint density at radius 3 is 2.24 bits per heavy atom. The highest BCUT2D eigenvalue weighted by Crippen LogP contribution is 2.45. The molecule has 120 valence electrons. The Labute approximate surface area is 128 Å². The van der Waals surface area contributed by atoms with Crippen molar-refractivity contribution >= 4 is 19.7 Å². The van der Waals surface area contributed by atoms with Crippen molar-refractivity contribution in [1.29, 1.82) is 0 Å². The van der Waals surface area contributed by atoms with Crippen LogP contribution in [0.15, 0.2) is 5.38 Å². The summed E-state index contributed by atoms with van der Waals surface area (Å²) in [5, 5.41) is 1.86. The quantitative estimate of drug-likeness (QED) is 0.686.